The fourth-order valence-electron chi connectivity index (χ4n) is 1.20. The van der Waals surface area contributed by atoms with E-state index in [2.05, 4.69) is 10.6 Å². The first-order valence-electron chi connectivity index (χ1n) is 4.95. The third-order valence-corrected chi connectivity index (χ3v) is 3.13. The first-order valence-corrected chi connectivity index (χ1v) is 6.55. The molecule has 0 saturated heterocycles. The molecule has 0 spiro atoms. The van der Waals surface area contributed by atoms with Crippen LogP contribution in [0.25, 0.3) is 0 Å². The molecule has 0 unspecified atom stereocenters. The molecule has 17 heavy (non-hydrogen) atoms. The summed E-state index contributed by atoms with van der Waals surface area (Å²) >= 11 is 7.56. The van der Waals surface area contributed by atoms with Gasteiger partial charge in [0, 0.05) is 18.0 Å². The van der Waals surface area contributed by atoms with Gasteiger partial charge in [-0.25, -0.2) is 0 Å². The van der Waals surface area contributed by atoms with Crippen LogP contribution in [0.15, 0.2) is 23.1 Å². The Morgan fingerprint density at radius 3 is 2.71 bits per heavy atom. The lowest BCUT2D eigenvalue weighted by Gasteiger charge is -2.07. The van der Waals surface area contributed by atoms with Crippen molar-refractivity contribution in [2.75, 3.05) is 26.4 Å². The van der Waals surface area contributed by atoms with Crippen LogP contribution in [0.3, 0.4) is 0 Å². The highest BCUT2D eigenvalue weighted by atomic mass is 35.5. The van der Waals surface area contributed by atoms with Gasteiger partial charge in [0.15, 0.2) is 0 Å². The number of hydrogen-bond donors (Lipinski definition) is 2. The number of thioether (sulfide) groups is 1. The minimum absolute atomic E-state index is 0. The maximum Gasteiger partial charge on any atom is 0.252 e. The van der Waals surface area contributed by atoms with Gasteiger partial charge in [-0.3, -0.25) is 4.79 Å². The molecule has 0 aromatic heterocycles. The van der Waals surface area contributed by atoms with Crippen molar-refractivity contribution < 1.29 is 4.79 Å². The van der Waals surface area contributed by atoms with Gasteiger partial charge < -0.3 is 10.6 Å². The fourth-order valence-corrected chi connectivity index (χ4v) is 1.84. The molecule has 0 radical (unpaired) electrons. The summed E-state index contributed by atoms with van der Waals surface area (Å²) in [6.07, 6.45) is 1.96. The molecule has 0 aliphatic heterocycles. The Balaban J connectivity index is 0.00000256. The van der Waals surface area contributed by atoms with E-state index in [-0.39, 0.29) is 18.3 Å². The van der Waals surface area contributed by atoms with Crippen LogP contribution in [0.1, 0.15) is 10.4 Å². The van der Waals surface area contributed by atoms with Crippen LogP contribution in [0.5, 0.6) is 0 Å². The second-order valence-corrected chi connectivity index (χ2v) is 4.49. The van der Waals surface area contributed by atoms with Crippen LogP contribution in [-0.2, 0) is 0 Å². The van der Waals surface area contributed by atoms with Gasteiger partial charge in [-0.15, -0.1) is 24.2 Å². The molecule has 2 N–H and O–H groups in total. The molecule has 0 atom stereocenters. The highest BCUT2D eigenvalue weighted by Crippen LogP contribution is 2.22. The number of likely N-dealkylation sites (N-methyl/N-ethyl adjacent to an activating group) is 1. The third-order valence-electron chi connectivity index (χ3n) is 2.08. The predicted octanol–water partition coefficient (Wildman–Crippen LogP) is 2.43. The lowest BCUT2D eigenvalue weighted by atomic mass is 10.2. The second kappa shape index (κ2) is 8.64. The van der Waals surface area contributed by atoms with E-state index in [1.165, 1.54) is 0 Å². The van der Waals surface area contributed by atoms with Gasteiger partial charge in [0.05, 0.1) is 10.6 Å². The normalized spacial score (nSPS) is 9.59. The number of rotatable bonds is 5. The van der Waals surface area contributed by atoms with Gasteiger partial charge in [-0.2, -0.15) is 0 Å². The van der Waals surface area contributed by atoms with E-state index < -0.39 is 0 Å². The van der Waals surface area contributed by atoms with Crippen molar-refractivity contribution in [1.29, 1.82) is 0 Å². The Bertz CT molecular complexity index is 374. The number of amides is 1. The molecule has 1 aromatic carbocycles. The molecule has 3 nitrogen and oxygen atoms in total. The predicted molar refractivity (Wildman–Crippen MR) is 76.7 cm³/mol. The first kappa shape index (κ1) is 16.6. The Morgan fingerprint density at radius 2 is 2.12 bits per heavy atom. The smallest absolute Gasteiger partial charge is 0.252 e. The summed E-state index contributed by atoms with van der Waals surface area (Å²) in [6, 6.07) is 5.46. The molecule has 1 amide bonds. The van der Waals surface area contributed by atoms with Crippen LogP contribution in [0, 0.1) is 0 Å². The third kappa shape index (κ3) is 5.17. The number of nitrogens with one attached hydrogen (secondary N) is 2. The van der Waals surface area contributed by atoms with E-state index >= 15 is 0 Å². The molecule has 0 heterocycles. The fraction of sp³-hybridized carbons (Fsp3) is 0.364. The lowest BCUT2D eigenvalue weighted by molar-refractivity contribution is 0.0954. The minimum atomic E-state index is -0.129. The van der Waals surface area contributed by atoms with E-state index in [0.29, 0.717) is 17.1 Å². The summed E-state index contributed by atoms with van der Waals surface area (Å²) in [7, 11) is 1.84. The van der Waals surface area contributed by atoms with Gasteiger partial charge in [0.25, 0.3) is 5.91 Å². The van der Waals surface area contributed by atoms with Gasteiger partial charge in [0.2, 0.25) is 0 Å². The van der Waals surface area contributed by atoms with Crippen LogP contribution in [-0.4, -0.2) is 32.3 Å². The van der Waals surface area contributed by atoms with Crippen LogP contribution in [0.2, 0.25) is 5.02 Å². The zero-order valence-electron chi connectivity index (χ0n) is 9.75. The molecule has 96 valence electrons. The zero-order valence-corrected chi connectivity index (χ0v) is 12.1. The summed E-state index contributed by atoms with van der Waals surface area (Å²) in [5.74, 6) is -0.129. The van der Waals surface area contributed by atoms with E-state index in [1.54, 1.807) is 17.8 Å². The van der Waals surface area contributed by atoms with E-state index in [9.17, 15) is 4.79 Å². The molecular weight excluding hydrogens is 279 g/mol. The molecule has 6 heteroatoms. The number of halogens is 2. The largest absolute Gasteiger partial charge is 0.351 e. The molecule has 0 aliphatic carbocycles. The van der Waals surface area contributed by atoms with Crippen molar-refractivity contribution in [3.05, 3.63) is 28.8 Å². The van der Waals surface area contributed by atoms with Crippen molar-refractivity contribution in [3.8, 4) is 0 Å². The van der Waals surface area contributed by atoms with E-state index in [4.69, 9.17) is 11.6 Å². The maximum atomic E-state index is 11.8. The molecular formula is C11H16Cl2N2OS. The monoisotopic (exact) mass is 294 g/mol. The van der Waals surface area contributed by atoms with E-state index in [0.717, 1.165) is 11.4 Å². The Morgan fingerprint density at radius 1 is 1.41 bits per heavy atom. The minimum Gasteiger partial charge on any atom is -0.351 e. The molecule has 0 aliphatic rings. The van der Waals surface area contributed by atoms with Crippen molar-refractivity contribution in [1.82, 2.24) is 10.6 Å². The van der Waals surface area contributed by atoms with Gasteiger partial charge in [-0.1, -0.05) is 11.6 Å². The number of hydrogen-bond acceptors (Lipinski definition) is 3. The van der Waals surface area contributed by atoms with Gasteiger partial charge in [0.1, 0.15) is 0 Å². The lowest BCUT2D eigenvalue weighted by Crippen LogP contribution is -2.30. The summed E-state index contributed by atoms with van der Waals surface area (Å²) < 4.78 is 0. The highest BCUT2D eigenvalue weighted by molar-refractivity contribution is 7.98. The summed E-state index contributed by atoms with van der Waals surface area (Å²) in [5.41, 5.74) is 0.532. The number of carbonyl (C=O) groups excluding carboxylic acids is 1. The summed E-state index contributed by atoms with van der Waals surface area (Å²) in [5, 5.41) is 6.24. The molecule has 0 saturated carbocycles. The standard InChI is InChI=1S/C11H15ClN2OS.ClH/c1-13-5-6-14-11(15)9-7-8(16-2)3-4-10(9)12;/h3-4,7,13H,5-6H2,1-2H3,(H,14,15);1H. The van der Waals surface area contributed by atoms with Crippen LogP contribution in [0.4, 0.5) is 0 Å². The van der Waals surface area contributed by atoms with Crippen molar-refractivity contribution in [2.24, 2.45) is 0 Å². The van der Waals surface area contributed by atoms with Crippen molar-refractivity contribution in [2.45, 2.75) is 4.90 Å². The summed E-state index contributed by atoms with van der Waals surface area (Å²) in [4.78, 5) is 12.8. The first-order chi connectivity index (χ1) is 7.69. The Kier molecular flexibility index (Phi) is 8.43. The Labute approximate surface area is 117 Å². The van der Waals surface area contributed by atoms with Gasteiger partial charge >= 0.3 is 0 Å². The molecule has 0 bridgehead atoms. The number of benzene rings is 1. The molecule has 0 fully saturated rings. The zero-order chi connectivity index (χ0) is 12.0. The van der Waals surface area contributed by atoms with Gasteiger partial charge in [-0.05, 0) is 31.5 Å². The Hall–Kier alpha value is -0.420. The molecule has 1 aromatic rings. The van der Waals surface area contributed by atoms with E-state index in [1.807, 2.05) is 25.4 Å². The highest BCUT2D eigenvalue weighted by Gasteiger charge is 2.10. The van der Waals surface area contributed by atoms with Crippen molar-refractivity contribution in [3.63, 3.8) is 0 Å². The van der Waals surface area contributed by atoms with Crippen LogP contribution >= 0.6 is 35.8 Å². The van der Waals surface area contributed by atoms with Crippen LogP contribution < -0.4 is 10.6 Å². The number of carbonyl (C=O) groups is 1. The SMILES string of the molecule is CNCCNC(=O)c1cc(SC)ccc1Cl.Cl. The van der Waals surface area contributed by atoms with Crippen molar-refractivity contribution >= 4 is 41.7 Å². The molecule has 1 rings (SSSR count). The summed E-state index contributed by atoms with van der Waals surface area (Å²) in [6.45, 7) is 1.33. The average Bonchev–Trinajstić information content (AvgIpc) is 2.30. The average molecular weight is 295 g/mol. The second-order valence-electron chi connectivity index (χ2n) is 3.21. The topological polar surface area (TPSA) is 41.1 Å². The quantitative estimate of drug-likeness (QED) is 0.647. The maximum absolute atomic E-state index is 11.8.